The van der Waals surface area contributed by atoms with Crippen LogP contribution >= 0.6 is 11.6 Å². The maximum Gasteiger partial charge on any atom is 0.393 e. The van der Waals surface area contributed by atoms with Crippen LogP contribution in [0.4, 0.5) is 22.0 Å². The van der Waals surface area contributed by atoms with Gasteiger partial charge < -0.3 is 69.5 Å². The average molecular weight is 1540 g/mol. The van der Waals surface area contributed by atoms with Crippen LogP contribution < -0.4 is 16.0 Å². The number of fused-ring (bicyclic) bond motifs is 3. The minimum atomic E-state index is -4.57. The second kappa shape index (κ2) is 38.2. The SMILES string of the molecule is CCOC[C@H]1C(=O)N[C@@H]([C@@H](C)CC)C(=O)N(C)CC(=O)N(C)[C@H]2C/C=C\CCN(C2=O)[C@@H](CC2CCC(F)(F)CC2)C(=O)N(C)CC(=O)N[C@@H](CCC2CCC(C(F)(F)F)C(Cl)C2)C(=O)N2C[C@H](OCC)C[C@H]2C(=O)NC2(CC(C)(C)C2)C(=O)N(C)[C@@H](C(CC)CC)C(=O)N(C)[C@H](C(=O)N(C)C)CC(=O)N1C. The van der Waals surface area contributed by atoms with Crippen molar-refractivity contribution in [3.05, 3.63) is 12.2 Å². The minimum absolute atomic E-state index is 0.0133. The molecule has 6 aliphatic rings. The molecule has 0 radical (unpaired) electrons. The van der Waals surface area contributed by atoms with Crippen molar-refractivity contribution in [3.8, 4) is 0 Å². The summed E-state index contributed by atoms with van der Waals surface area (Å²) in [6, 6.07) is -11.2. The molecule has 32 heteroatoms. The van der Waals surface area contributed by atoms with Gasteiger partial charge in [-0.15, -0.1) is 11.6 Å². The van der Waals surface area contributed by atoms with Gasteiger partial charge in [-0.05, 0) is 120 Å². The van der Waals surface area contributed by atoms with E-state index in [4.69, 9.17) is 21.1 Å². The molecule has 3 aliphatic carbocycles. The molecular formula is C75H120ClF5N12O14. The highest BCUT2D eigenvalue weighted by molar-refractivity contribution is 6.21. The van der Waals surface area contributed by atoms with Gasteiger partial charge in [0.25, 0.3) is 0 Å². The molecule has 3 unspecified atom stereocenters. The Labute approximate surface area is 633 Å². The van der Waals surface area contributed by atoms with Gasteiger partial charge in [0.05, 0.1) is 38.1 Å². The molecule has 1 spiro atoms. The number of halogens is 6. The molecule has 606 valence electrons. The number of carbonyl (C=O) groups excluding carboxylic acids is 12. The van der Waals surface area contributed by atoms with Gasteiger partial charge in [0, 0.05) is 107 Å². The van der Waals surface area contributed by atoms with Gasteiger partial charge in [0.1, 0.15) is 53.9 Å². The first kappa shape index (κ1) is 89.1. The van der Waals surface area contributed by atoms with E-state index in [9.17, 15) is 50.7 Å². The fraction of sp³-hybridized carbons (Fsp3) is 0.813. The average Bonchev–Trinajstić information content (AvgIpc) is 1.35. The van der Waals surface area contributed by atoms with Gasteiger partial charge in [0.15, 0.2) is 0 Å². The summed E-state index contributed by atoms with van der Waals surface area (Å²) in [5.74, 6) is -16.0. The summed E-state index contributed by atoms with van der Waals surface area (Å²) < 4.78 is 83.9. The second-order valence-corrected chi connectivity index (χ2v) is 32.4. The Morgan fingerprint density at radius 2 is 1.32 bits per heavy atom. The summed E-state index contributed by atoms with van der Waals surface area (Å²) in [6.07, 6.45) is -2.95. The number of ether oxygens (including phenoxy) is 2. The Balaban J connectivity index is 1.50. The van der Waals surface area contributed by atoms with Crippen molar-refractivity contribution in [2.75, 3.05) is 102 Å². The van der Waals surface area contributed by atoms with E-state index in [1.807, 2.05) is 27.7 Å². The molecule has 3 N–H and O–H groups in total. The summed E-state index contributed by atoms with van der Waals surface area (Å²) in [7, 11) is 10.9. The molecule has 3 aliphatic heterocycles. The lowest BCUT2D eigenvalue weighted by molar-refractivity contribution is -0.182. The number of nitrogens with zero attached hydrogens (tertiary/aromatic N) is 9. The van der Waals surface area contributed by atoms with E-state index in [1.165, 1.54) is 76.0 Å². The molecule has 0 aromatic rings. The van der Waals surface area contributed by atoms with Crippen molar-refractivity contribution in [1.29, 1.82) is 0 Å². The van der Waals surface area contributed by atoms with Crippen LogP contribution in [0, 0.1) is 35.0 Å². The molecule has 13 atom stereocenters. The van der Waals surface area contributed by atoms with Crippen LogP contribution in [0.1, 0.15) is 177 Å². The lowest BCUT2D eigenvalue weighted by Gasteiger charge is -2.54. The number of nitrogens with one attached hydrogen (secondary N) is 3. The lowest BCUT2D eigenvalue weighted by atomic mass is 9.58. The smallest absolute Gasteiger partial charge is 0.379 e. The molecule has 12 amide bonds. The van der Waals surface area contributed by atoms with Crippen molar-refractivity contribution in [2.45, 2.75) is 255 Å². The van der Waals surface area contributed by atoms with Crippen LogP contribution in [-0.4, -0.2) is 295 Å². The highest BCUT2D eigenvalue weighted by Crippen LogP contribution is 2.50. The summed E-state index contributed by atoms with van der Waals surface area (Å²) >= 11 is 6.44. The molecule has 107 heavy (non-hydrogen) atoms. The van der Waals surface area contributed by atoms with Gasteiger partial charge in [-0.3, -0.25) is 57.5 Å². The third-order valence-corrected chi connectivity index (χ3v) is 23.7. The maximum atomic E-state index is 15.8. The summed E-state index contributed by atoms with van der Waals surface area (Å²) in [6.45, 7) is 12.4. The van der Waals surface area contributed by atoms with Crippen LogP contribution in [-0.2, 0) is 67.0 Å². The normalized spacial score (nSPS) is 30.2. The predicted molar refractivity (Wildman–Crippen MR) is 389 cm³/mol. The quantitative estimate of drug-likeness (QED) is 0.0908. The van der Waals surface area contributed by atoms with E-state index in [1.54, 1.807) is 39.8 Å². The molecule has 5 fully saturated rings. The van der Waals surface area contributed by atoms with Crippen molar-refractivity contribution in [2.24, 2.45) is 35.0 Å². The fourth-order valence-electron chi connectivity index (χ4n) is 16.7. The minimum Gasteiger partial charge on any atom is -0.379 e. The standard InChI is InChI=1S/C75H120ClF5N12O14/c1-17-45(6)61-69(103)87(12)41-60(96)88(13)53-25-23-22-24-34-92(68(53)102)56(36-47-30-32-74(77,78)33-31-47)67(101)86(11)40-58(94)82-52(29-27-46-26-28-50(51(76)35-46)75(79,80)81)65(99)93-39-49(107-21-5)37-54(93)64(98)84-73(43-72(7,8)44-73)71(105)91(16)62(48(18-2)19-3)70(104)90(15)55(66(100)85(9)10)38-59(95)89(14)57(42-106-20-4)63(97)83-61/h22-23,45-57,61-62H,17-21,24-44H2,1-16H3,(H,82,94)(H,83,97)(H,84,98)/b23-22-/t45-,46?,49+,50?,51?,52-,53-,54-,55-,56-,57-,61-,62-/m0/s1. The largest absolute Gasteiger partial charge is 0.393 e. The Kier molecular flexibility index (Phi) is 31.9. The summed E-state index contributed by atoms with van der Waals surface area (Å²) in [5, 5.41) is 7.32. The van der Waals surface area contributed by atoms with E-state index in [0.717, 1.165) is 24.5 Å². The number of hydrogen-bond acceptors (Lipinski definition) is 14. The first-order valence-corrected chi connectivity index (χ1v) is 38.7. The number of rotatable bonds is 16. The van der Waals surface area contributed by atoms with E-state index in [0.29, 0.717) is 19.3 Å². The van der Waals surface area contributed by atoms with Crippen molar-refractivity contribution in [3.63, 3.8) is 0 Å². The zero-order chi connectivity index (χ0) is 80.1. The molecule has 0 aromatic heterocycles. The zero-order valence-electron chi connectivity index (χ0n) is 65.7. The Bertz CT molecular complexity index is 3180. The highest BCUT2D eigenvalue weighted by Gasteiger charge is 2.59. The monoisotopic (exact) mass is 1540 g/mol. The molecular weight excluding hydrogens is 1420 g/mol. The van der Waals surface area contributed by atoms with Gasteiger partial charge in [-0.25, -0.2) is 8.78 Å². The number of hydrogen-bond donors (Lipinski definition) is 3. The van der Waals surface area contributed by atoms with Crippen LogP contribution in [0.3, 0.4) is 0 Å². The number of alkyl halides is 6. The first-order chi connectivity index (χ1) is 50.0. The molecule has 2 bridgehead atoms. The lowest BCUT2D eigenvalue weighted by Crippen LogP contribution is -2.71. The number of amides is 12. The van der Waals surface area contributed by atoms with Gasteiger partial charge >= 0.3 is 6.18 Å². The molecule has 26 nitrogen and oxygen atoms in total. The van der Waals surface area contributed by atoms with Crippen LogP contribution in [0.5, 0.6) is 0 Å². The molecule has 3 heterocycles. The molecule has 6 rings (SSSR count). The van der Waals surface area contributed by atoms with Gasteiger partial charge in [0.2, 0.25) is 76.8 Å². The fourth-order valence-corrected chi connectivity index (χ4v) is 17.2. The number of carbonyl (C=O) groups is 12. The topological polar surface area (TPSA) is 289 Å². The Morgan fingerprint density at radius 1 is 0.682 bits per heavy atom. The highest BCUT2D eigenvalue weighted by atomic mass is 35.5. The summed E-state index contributed by atoms with van der Waals surface area (Å²) in [5.41, 5.74) is -2.29. The number of likely N-dealkylation sites (N-methyl/N-ethyl adjacent to an activating group) is 7. The second-order valence-electron chi connectivity index (χ2n) is 31.8. The predicted octanol–water partition coefficient (Wildman–Crippen LogP) is 6.00. The van der Waals surface area contributed by atoms with Crippen LogP contribution in [0.25, 0.3) is 0 Å². The summed E-state index contributed by atoms with van der Waals surface area (Å²) in [4.78, 5) is 192. The van der Waals surface area contributed by atoms with Crippen LogP contribution in [0.15, 0.2) is 12.2 Å². The molecule has 0 aromatic carbocycles. The van der Waals surface area contributed by atoms with E-state index < -0.39 is 216 Å². The van der Waals surface area contributed by atoms with E-state index in [2.05, 4.69) is 16.0 Å². The third-order valence-electron chi connectivity index (χ3n) is 23.2. The first-order valence-electron chi connectivity index (χ1n) is 38.2. The van der Waals surface area contributed by atoms with E-state index >= 15 is 28.8 Å². The maximum absolute atomic E-state index is 15.8. The van der Waals surface area contributed by atoms with Crippen molar-refractivity contribution < 1.29 is 89.0 Å². The van der Waals surface area contributed by atoms with E-state index in [-0.39, 0.29) is 116 Å². The Hall–Kier alpha value is -6.76. The van der Waals surface area contributed by atoms with Gasteiger partial charge in [-0.2, -0.15) is 13.2 Å². The Morgan fingerprint density at radius 3 is 1.89 bits per heavy atom. The molecule has 3 saturated carbocycles. The van der Waals surface area contributed by atoms with Gasteiger partial charge in [-0.1, -0.05) is 73.0 Å². The van der Waals surface area contributed by atoms with Crippen molar-refractivity contribution >= 4 is 82.5 Å². The molecule has 2 saturated heterocycles. The third kappa shape index (κ3) is 22.3. The van der Waals surface area contributed by atoms with Crippen molar-refractivity contribution in [1.82, 2.24) is 60.0 Å². The van der Waals surface area contributed by atoms with Crippen LogP contribution in [0.2, 0.25) is 0 Å². The zero-order valence-corrected chi connectivity index (χ0v) is 66.5.